The molecule has 3 heterocycles. The van der Waals surface area contributed by atoms with E-state index in [1.807, 2.05) is 0 Å². The fraction of sp³-hybridized carbons (Fsp3) is 0.227. The van der Waals surface area contributed by atoms with E-state index < -0.39 is 0 Å². The van der Waals surface area contributed by atoms with Crippen LogP contribution in [0, 0.1) is 11.7 Å². The summed E-state index contributed by atoms with van der Waals surface area (Å²) in [7, 11) is 0. The molecule has 1 amide bonds. The predicted molar refractivity (Wildman–Crippen MR) is 112 cm³/mol. The van der Waals surface area contributed by atoms with E-state index in [-0.39, 0.29) is 11.7 Å². The van der Waals surface area contributed by atoms with Gasteiger partial charge in [-0.3, -0.25) is 4.79 Å². The molecule has 3 N–H and O–H groups in total. The lowest BCUT2D eigenvalue weighted by Crippen LogP contribution is -2.32. The van der Waals surface area contributed by atoms with Gasteiger partial charge in [0.2, 0.25) is 0 Å². The maximum atomic E-state index is 13.2. The van der Waals surface area contributed by atoms with Gasteiger partial charge in [-0.1, -0.05) is 13.8 Å². The third kappa shape index (κ3) is 4.17. The second-order valence-corrected chi connectivity index (χ2v) is 7.37. The average molecular weight is 407 g/mol. The minimum atomic E-state index is -0.327. The highest BCUT2D eigenvalue weighted by atomic mass is 19.1. The number of hydrogen-bond acceptors (Lipinski definition) is 5. The van der Waals surface area contributed by atoms with Crippen molar-refractivity contribution in [1.29, 1.82) is 0 Å². The molecule has 0 fully saturated rings. The Kier molecular flexibility index (Phi) is 5.47. The highest BCUT2D eigenvalue weighted by molar-refractivity contribution is 6.05. The zero-order valence-electron chi connectivity index (χ0n) is 16.7. The normalized spacial score (nSPS) is 13.6. The van der Waals surface area contributed by atoms with Crippen LogP contribution in [0.25, 0.3) is 22.6 Å². The maximum Gasteiger partial charge on any atom is 0.257 e. The number of aromatic amines is 1. The third-order valence-electron chi connectivity index (χ3n) is 4.52. The van der Waals surface area contributed by atoms with Crippen LogP contribution in [-0.2, 0) is 4.74 Å². The van der Waals surface area contributed by atoms with Gasteiger partial charge in [0.15, 0.2) is 5.65 Å². The fourth-order valence-corrected chi connectivity index (χ4v) is 3.03. The summed E-state index contributed by atoms with van der Waals surface area (Å²) in [6.07, 6.45) is 5.13. The third-order valence-corrected chi connectivity index (χ3v) is 4.52. The molecule has 0 unspecified atom stereocenters. The van der Waals surface area contributed by atoms with Gasteiger partial charge in [-0.05, 0) is 42.3 Å². The van der Waals surface area contributed by atoms with Crippen molar-refractivity contribution in [3.63, 3.8) is 0 Å². The molecule has 0 spiro atoms. The topological polar surface area (TPSA) is 91.9 Å². The number of nitrogens with zero attached hydrogens (tertiary/aromatic N) is 2. The summed E-state index contributed by atoms with van der Waals surface area (Å²) in [5, 5.41) is 6.01. The van der Waals surface area contributed by atoms with Crippen LogP contribution in [0.2, 0.25) is 0 Å². The number of H-pyrrole nitrogens is 1. The molecule has 0 radical (unpaired) electrons. The number of ether oxygens (including phenoxy) is 1. The standard InChI is InChI=1S/C22H22FN5O2/c1-13(2)12-30-18-8-9-24-11-17(18)26-22(29)16-7-10-25-21-19(16)27-20(28-21)14-3-5-15(23)6-4-14/h3-10,13,24H,11-12H2,1-2H3,(H,26,29)(H,25,27,28). The minimum absolute atomic E-state index is 0.297. The second kappa shape index (κ2) is 8.36. The number of fused-ring (bicyclic) bond motifs is 1. The maximum absolute atomic E-state index is 13.2. The van der Waals surface area contributed by atoms with Gasteiger partial charge >= 0.3 is 0 Å². The van der Waals surface area contributed by atoms with E-state index in [2.05, 4.69) is 39.4 Å². The van der Waals surface area contributed by atoms with Gasteiger partial charge in [-0.15, -0.1) is 0 Å². The Labute approximate surface area is 173 Å². The van der Waals surface area contributed by atoms with Crippen molar-refractivity contribution >= 4 is 17.1 Å². The summed E-state index contributed by atoms with van der Waals surface area (Å²) in [6, 6.07) is 7.59. The number of benzene rings is 1. The molecular weight excluding hydrogens is 385 g/mol. The van der Waals surface area contributed by atoms with Crippen molar-refractivity contribution < 1.29 is 13.9 Å². The van der Waals surface area contributed by atoms with Gasteiger partial charge < -0.3 is 20.4 Å². The fourth-order valence-electron chi connectivity index (χ4n) is 3.03. The quantitative estimate of drug-likeness (QED) is 0.582. The molecule has 0 atom stereocenters. The Hall–Kier alpha value is -3.68. The second-order valence-electron chi connectivity index (χ2n) is 7.37. The molecule has 2 aromatic heterocycles. The van der Waals surface area contributed by atoms with Crippen LogP contribution in [0.5, 0.6) is 0 Å². The summed E-state index contributed by atoms with van der Waals surface area (Å²) in [4.78, 5) is 24.8. The Morgan fingerprint density at radius 1 is 1.27 bits per heavy atom. The molecule has 3 aromatic rings. The molecule has 1 aromatic carbocycles. The van der Waals surface area contributed by atoms with Crippen molar-refractivity contribution in [3.05, 3.63) is 71.6 Å². The zero-order valence-corrected chi connectivity index (χ0v) is 16.7. The van der Waals surface area contributed by atoms with E-state index in [1.165, 1.54) is 18.3 Å². The summed E-state index contributed by atoms with van der Waals surface area (Å²) in [5.74, 6) is 0.895. The van der Waals surface area contributed by atoms with Crippen LogP contribution in [0.3, 0.4) is 0 Å². The first-order valence-corrected chi connectivity index (χ1v) is 9.69. The van der Waals surface area contributed by atoms with Gasteiger partial charge in [-0.25, -0.2) is 14.4 Å². The average Bonchev–Trinajstić information content (AvgIpc) is 3.18. The van der Waals surface area contributed by atoms with Gasteiger partial charge in [0.05, 0.1) is 29.9 Å². The predicted octanol–water partition coefficient (Wildman–Crippen LogP) is 3.49. The number of amides is 1. The molecule has 0 aliphatic carbocycles. The number of pyridine rings is 1. The Balaban J connectivity index is 1.63. The highest BCUT2D eigenvalue weighted by Crippen LogP contribution is 2.22. The zero-order chi connectivity index (χ0) is 21.1. The lowest BCUT2D eigenvalue weighted by molar-refractivity contribution is 0.0961. The van der Waals surface area contributed by atoms with Crippen molar-refractivity contribution in [2.75, 3.05) is 13.2 Å². The number of halogens is 1. The van der Waals surface area contributed by atoms with E-state index >= 15 is 0 Å². The molecule has 1 aliphatic rings. The number of allylic oxidation sites excluding steroid dienone is 1. The molecule has 154 valence electrons. The minimum Gasteiger partial charge on any atom is -0.491 e. The van der Waals surface area contributed by atoms with Crippen LogP contribution in [0.1, 0.15) is 24.2 Å². The molecule has 4 rings (SSSR count). The monoisotopic (exact) mass is 407 g/mol. The van der Waals surface area contributed by atoms with E-state index in [0.717, 1.165) is 0 Å². The molecule has 0 bridgehead atoms. The van der Waals surface area contributed by atoms with E-state index in [4.69, 9.17) is 4.74 Å². The van der Waals surface area contributed by atoms with Gasteiger partial charge in [0, 0.05) is 18.0 Å². The number of carbonyl (C=O) groups excluding carboxylic acids is 1. The Morgan fingerprint density at radius 2 is 2.07 bits per heavy atom. The van der Waals surface area contributed by atoms with Crippen LogP contribution in [-0.4, -0.2) is 34.0 Å². The molecule has 8 heteroatoms. The number of aromatic nitrogens is 3. The summed E-state index contributed by atoms with van der Waals surface area (Å²) in [5.41, 5.74) is 2.69. The number of imidazole rings is 1. The Morgan fingerprint density at radius 3 is 2.83 bits per heavy atom. The van der Waals surface area contributed by atoms with Crippen molar-refractivity contribution in [3.8, 4) is 11.4 Å². The molecular formula is C22H22FN5O2. The van der Waals surface area contributed by atoms with Gasteiger partial charge in [0.25, 0.3) is 5.91 Å². The van der Waals surface area contributed by atoms with E-state index in [1.54, 1.807) is 30.5 Å². The van der Waals surface area contributed by atoms with Crippen LogP contribution < -0.4 is 10.6 Å². The number of dihydropyridines is 1. The summed E-state index contributed by atoms with van der Waals surface area (Å²) >= 11 is 0. The van der Waals surface area contributed by atoms with E-state index in [9.17, 15) is 9.18 Å². The lowest BCUT2D eigenvalue weighted by atomic mass is 10.2. The van der Waals surface area contributed by atoms with Crippen molar-refractivity contribution in [2.45, 2.75) is 13.8 Å². The molecule has 0 saturated carbocycles. The van der Waals surface area contributed by atoms with Gasteiger partial charge in [0.1, 0.15) is 17.4 Å². The number of hydrogen-bond donors (Lipinski definition) is 3. The van der Waals surface area contributed by atoms with E-state index in [0.29, 0.717) is 58.6 Å². The van der Waals surface area contributed by atoms with Gasteiger partial charge in [-0.2, -0.15) is 0 Å². The largest absolute Gasteiger partial charge is 0.491 e. The molecule has 1 aliphatic heterocycles. The Bertz CT molecular complexity index is 1130. The van der Waals surface area contributed by atoms with Crippen LogP contribution in [0.15, 0.2) is 60.3 Å². The smallest absolute Gasteiger partial charge is 0.257 e. The van der Waals surface area contributed by atoms with Crippen molar-refractivity contribution in [2.24, 2.45) is 5.92 Å². The SMILES string of the molecule is CC(C)COC1=C(NC(=O)c2ccnc3nc(-c4ccc(F)cc4)[nH]c23)CNC=C1. The first-order chi connectivity index (χ1) is 14.5. The first-order valence-electron chi connectivity index (χ1n) is 9.69. The highest BCUT2D eigenvalue weighted by Gasteiger charge is 2.19. The number of rotatable bonds is 6. The van der Waals surface area contributed by atoms with Crippen LogP contribution >= 0.6 is 0 Å². The molecule has 30 heavy (non-hydrogen) atoms. The number of nitrogens with one attached hydrogen (secondary N) is 3. The lowest BCUT2D eigenvalue weighted by Gasteiger charge is -2.19. The summed E-state index contributed by atoms with van der Waals surface area (Å²) < 4.78 is 19.0. The number of carbonyl (C=O) groups is 1. The molecule has 7 nitrogen and oxygen atoms in total. The summed E-state index contributed by atoms with van der Waals surface area (Å²) in [6.45, 7) is 5.14. The first kappa shape index (κ1) is 19.6. The van der Waals surface area contributed by atoms with Crippen LogP contribution in [0.4, 0.5) is 4.39 Å². The van der Waals surface area contributed by atoms with Crippen molar-refractivity contribution in [1.82, 2.24) is 25.6 Å². The molecule has 0 saturated heterocycles.